The fourth-order valence-electron chi connectivity index (χ4n) is 4.95. The summed E-state index contributed by atoms with van der Waals surface area (Å²) >= 11 is 0. The minimum absolute atomic E-state index is 0.111. The molecule has 3 fully saturated rings. The molecule has 0 spiro atoms. The van der Waals surface area contributed by atoms with Gasteiger partial charge in [-0.1, -0.05) is 19.8 Å². The Labute approximate surface area is 131 Å². The number of piperidine rings is 1. The second kappa shape index (κ2) is 6.97. The van der Waals surface area contributed by atoms with Crippen LogP contribution in [-0.2, 0) is 0 Å². The molecule has 0 aromatic rings. The summed E-state index contributed by atoms with van der Waals surface area (Å²) in [6, 6.07) is 0. The van der Waals surface area contributed by atoms with Gasteiger partial charge in [0.1, 0.15) is 0 Å². The third-order valence-corrected chi connectivity index (χ3v) is 6.09. The summed E-state index contributed by atoms with van der Waals surface area (Å²) in [7, 11) is 0. The highest BCUT2D eigenvalue weighted by Gasteiger charge is 2.34. The van der Waals surface area contributed by atoms with Gasteiger partial charge < -0.3 is 15.5 Å². The molecule has 0 aromatic carbocycles. The fourth-order valence-corrected chi connectivity index (χ4v) is 4.95. The molecule has 3 aliphatic rings. The van der Waals surface area contributed by atoms with Crippen molar-refractivity contribution in [1.82, 2.24) is 9.80 Å². The van der Waals surface area contributed by atoms with Crippen molar-refractivity contribution in [3.8, 4) is 0 Å². The van der Waals surface area contributed by atoms with Gasteiger partial charge in [0, 0.05) is 18.6 Å². The standard InChI is InChI=1S/C18H35N3/c1-16-5-4-8-18(19,13-16)15-21-11-6-17(7-12-21)14-20-9-2-3-10-20/h16-17H,2-15,19H2,1H3. The van der Waals surface area contributed by atoms with E-state index >= 15 is 0 Å². The number of nitrogens with two attached hydrogens (primary N) is 1. The van der Waals surface area contributed by atoms with Crippen LogP contribution in [0.1, 0.15) is 58.3 Å². The van der Waals surface area contributed by atoms with E-state index in [0.717, 1.165) is 18.4 Å². The topological polar surface area (TPSA) is 32.5 Å². The van der Waals surface area contributed by atoms with E-state index in [9.17, 15) is 0 Å². The first-order chi connectivity index (χ1) is 10.1. The molecule has 0 bridgehead atoms. The molecule has 3 heteroatoms. The first kappa shape index (κ1) is 15.8. The average Bonchev–Trinajstić information content (AvgIpc) is 2.93. The van der Waals surface area contributed by atoms with Gasteiger partial charge in [-0.05, 0) is 76.5 Å². The van der Waals surface area contributed by atoms with Crippen molar-refractivity contribution in [1.29, 1.82) is 0 Å². The molecule has 2 unspecified atom stereocenters. The van der Waals surface area contributed by atoms with Crippen molar-refractivity contribution < 1.29 is 0 Å². The van der Waals surface area contributed by atoms with E-state index in [-0.39, 0.29) is 5.54 Å². The summed E-state index contributed by atoms with van der Waals surface area (Å²) < 4.78 is 0. The maximum Gasteiger partial charge on any atom is 0.0285 e. The lowest BCUT2D eigenvalue weighted by Crippen LogP contribution is -2.54. The summed E-state index contributed by atoms with van der Waals surface area (Å²) in [5.74, 6) is 1.77. The van der Waals surface area contributed by atoms with Gasteiger partial charge in [-0.2, -0.15) is 0 Å². The molecule has 21 heavy (non-hydrogen) atoms. The lowest BCUT2D eigenvalue weighted by molar-refractivity contribution is 0.105. The summed E-state index contributed by atoms with van der Waals surface area (Å²) in [5.41, 5.74) is 6.81. The smallest absolute Gasteiger partial charge is 0.0285 e. The maximum absolute atomic E-state index is 6.70. The summed E-state index contributed by atoms with van der Waals surface area (Å²) in [5, 5.41) is 0. The Morgan fingerprint density at radius 1 is 0.952 bits per heavy atom. The van der Waals surface area contributed by atoms with E-state index in [4.69, 9.17) is 5.73 Å². The highest BCUT2D eigenvalue weighted by Crippen LogP contribution is 2.32. The van der Waals surface area contributed by atoms with E-state index in [1.807, 2.05) is 0 Å². The van der Waals surface area contributed by atoms with Gasteiger partial charge in [-0.25, -0.2) is 0 Å². The molecule has 3 nitrogen and oxygen atoms in total. The lowest BCUT2D eigenvalue weighted by atomic mass is 9.76. The second-order valence-electron chi connectivity index (χ2n) is 8.29. The first-order valence-electron chi connectivity index (χ1n) is 9.37. The van der Waals surface area contributed by atoms with E-state index in [1.165, 1.54) is 84.1 Å². The normalized spacial score (nSPS) is 37.1. The van der Waals surface area contributed by atoms with Crippen LogP contribution in [0.25, 0.3) is 0 Å². The largest absolute Gasteiger partial charge is 0.324 e. The molecule has 2 N–H and O–H groups in total. The molecule has 0 radical (unpaired) electrons. The number of nitrogens with zero attached hydrogens (tertiary/aromatic N) is 2. The minimum atomic E-state index is 0.111. The van der Waals surface area contributed by atoms with Gasteiger partial charge in [0.05, 0.1) is 0 Å². The quantitative estimate of drug-likeness (QED) is 0.865. The Hall–Kier alpha value is -0.120. The van der Waals surface area contributed by atoms with Crippen LogP contribution in [0, 0.1) is 11.8 Å². The van der Waals surface area contributed by atoms with Gasteiger partial charge in [0.25, 0.3) is 0 Å². The highest BCUT2D eigenvalue weighted by atomic mass is 15.2. The van der Waals surface area contributed by atoms with Crippen LogP contribution in [0.4, 0.5) is 0 Å². The SMILES string of the molecule is CC1CCCC(N)(CN2CCC(CN3CCCC3)CC2)C1. The molecule has 1 saturated carbocycles. The third-order valence-electron chi connectivity index (χ3n) is 6.09. The van der Waals surface area contributed by atoms with Crippen LogP contribution < -0.4 is 5.73 Å². The minimum Gasteiger partial charge on any atom is -0.324 e. The molecule has 2 saturated heterocycles. The van der Waals surface area contributed by atoms with Crippen LogP contribution in [-0.4, -0.2) is 54.6 Å². The van der Waals surface area contributed by atoms with Gasteiger partial charge in [0.15, 0.2) is 0 Å². The average molecular weight is 293 g/mol. The van der Waals surface area contributed by atoms with Crippen molar-refractivity contribution in [2.45, 2.75) is 63.8 Å². The summed E-state index contributed by atoms with van der Waals surface area (Å²) in [6.07, 6.45) is 10.8. The van der Waals surface area contributed by atoms with Gasteiger partial charge >= 0.3 is 0 Å². The molecular formula is C18H35N3. The second-order valence-corrected chi connectivity index (χ2v) is 8.29. The zero-order valence-corrected chi connectivity index (χ0v) is 14.0. The van der Waals surface area contributed by atoms with E-state index in [0.29, 0.717) is 0 Å². The molecule has 2 aliphatic heterocycles. The van der Waals surface area contributed by atoms with Crippen LogP contribution in [0.3, 0.4) is 0 Å². The fraction of sp³-hybridized carbons (Fsp3) is 1.00. The molecule has 122 valence electrons. The lowest BCUT2D eigenvalue weighted by Gasteiger charge is -2.43. The number of likely N-dealkylation sites (tertiary alicyclic amines) is 2. The Kier molecular flexibility index (Phi) is 5.23. The van der Waals surface area contributed by atoms with Crippen LogP contribution >= 0.6 is 0 Å². The van der Waals surface area contributed by atoms with E-state index in [2.05, 4.69) is 16.7 Å². The van der Waals surface area contributed by atoms with Crippen molar-refractivity contribution in [3.63, 3.8) is 0 Å². The number of hydrogen-bond donors (Lipinski definition) is 1. The summed E-state index contributed by atoms with van der Waals surface area (Å²) in [6.45, 7) is 10.2. The molecule has 0 aromatic heterocycles. The van der Waals surface area contributed by atoms with E-state index < -0.39 is 0 Å². The van der Waals surface area contributed by atoms with E-state index in [1.54, 1.807) is 0 Å². The molecular weight excluding hydrogens is 258 g/mol. The summed E-state index contributed by atoms with van der Waals surface area (Å²) in [4.78, 5) is 5.35. The Bertz CT molecular complexity index is 318. The number of rotatable bonds is 4. The molecule has 0 amide bonds. The van der Waals surface area contributed by atoms with Gasteiger partial charge in [-0.15, -0.1) is 0 Å². The zero-order chi connectivity index (χ0) is 14.7. The maximum atomic E-state index is 6.70. The van der Waals surface area contributed by atoms with Crippen LogP contribution in [0.2, 0.25) is 0 Å². The van der Waals surface area contributed by atoms with Crippen molar-refractivity contribution in [2.24, 2.45) is 17.6 Å². The van der Waals surface area contributed by atoms with Crippen molar-refractivity contribution in [3.05, 3.63) is 0 Å². The Balaban J connectivity index is 1.40. The third kappa shape index (κ3) is 4.43. The zero-order valence-electron chi connectivity index (χ0n) is 14.0. The highest BCUT2D eigenvalue weighted by molar-refractivity contribution is 4.93. The van der Waals surface area contributed by atoms with Crippen LogP contribution in [0.5, 0.6) is 0 Å². The molecule has 2 atom stereocenters. The van der Waals surface area contributed by atoms with Gasteiger partial charge in [-0.3, -0.25) is 0 Å². The molecule has 3 rings (SSSR count). The first-order valence-corrected chi connectivity index (χ1v) is 9.37. The van der Waals surface area contributed by atoms with Crippen molar-refractivity contribution in [2.75, 3.05) is 39.3 Å². The Morgan fingerprint density at radius 3 is 2.33 bits per heavy atom. The molecule has 2 heterocycles. The van der Waals surface area contributed by atoms with Gasteiger partial charge in [0.2, 0.25) is 0 Å². The van der Waals surface area contributed by atoms with Crippen molar-refractivity contribution >= 4 is 0 Å². The monoisotopic (exact) mass is 293 g/mol. The molecule has 1 aliphatic carbocycles. The van der Waals surface area contributed by atoms with Crippen LogP contribution in [0.15, 0.2) is 0 Å². The predicted molar refractivity (Wildman–Crippen MR) is 89.4 cm³/mol. The number of hydrogen-bond acceptors (Lipinski definition) is 3. The Morgan fingerprint density at radius 2 is 1.67 bits per heavy atom. The predicted octanol–water partition coefficient (Wildman–Crippen LogP) is 2.70.